The lowest BCUT2D eigenvalue weighted by Crippen LogP contribution is -2.39. The summed E-state index contributed by atoms with van der Waals surface area (Å²) in [5, 5.41) is 17.7. The fourth-order valence-corrected chi connectivity index (χ4v) is 4.61. The summed E-state index contributed by atoms with van der Waals surface area (Å²) in [6.07, 6.45) is 0. The number of ether oxygens (including phenoxy) is 1. The Labute approximate surface area is 227 Å². The summed E-state index contributed by atoms with van der Waals surface area (Å²) in [6.45, 7) is 4.01. The van der Waals surface area contributed by atoms with E-state index in [9.17, 15) is 14.9 Å². The minimum absolute atomic E-state index is 0.0408. The van der Waals surface area contributed by atoms with E-state index in [0.717, 1.165) is 11.1 Å². The summed E-state index contributed by atoms with van der Waals surface area (Å²) in [4.78, 5) is 30.6. The van der Waals surface area contributed by atoms with Crippen LogP contribution in [-0.2, 0) is 4.74 Å². The fraction of sp³-hybridized carbons (Fsp3) is 0.192. The molecule has 0 bridgehead atoms. The average molecular weight is 552 g/mol. The third-order valence-electron chi connectivity index (χ3n) is 6.18. The number of morpholine rings is 1. The van der Waals surface area contributed by atoms with Crippen LogP contribution < -0.4 is 15.5 Å². The molecule has 1 aliphatic rings. The molecule has 4 aromatic rings. The molecule has 0 aliphatic carbocycles. The Morgan fingerprint density at radius 2 is 1.95 bits per heavy atom. The minimum Gasteiger partial charge on any atom is -0.436 e. The molecule has 3 aromatic carbocycles. The van der Waals surface area contributed by atoms with Gasteiger partial charge in [0.25, 0.3) is 11.6 Å². The largest absolute Gasteiger partial charge is 0.436 e. The van der Waals surface area contributed by atoms with E-state index in [1.54, 1.807) is 24.3 Å². The maximum Gasteiger partial charge on any atom is 0.270 e. The van der Waals surface area contributed by atoms with Crippen molar-refractivity contribution in [2.24, 2.45) is 0 Å². The quantitative estimate of drug-likeness (QED) is 0.192. The number of fused-ring (bicyclic) bond motifs is 1. The third-order valence-corrected chi connectivity index (χ3v) is 6.62. The number of nitro groups is 1. The summed E-state index contributed by atoms with van der Waals surface area (Å²) in [5.41, 5.74) is 3.97. The second kappa shape index (κ2) is 10.7. The zero-order chi connectivity index (χ0) is 26.8. The predicted octanol–water partition coefficient (Wildman–Crippen LogP) is 5.33. The van der Waals surface area contributed by atoms with Crippen LogP contribution >= 0.6 is 23.8 Å². The number of non-ortho nitro benzene ring substituents is 1. The zero-order valence-corrected chi connectivity index (χ0v) is 21.8. The standard InChI is InChI=1S/C26H22ClN5O5S/c1-15-18(25-28-21-13-16(27)5-8-23(21)37-25)3-2-4-20(15)29-26(38)30-24(33)19-14-17(32(34)35)6-7-22(19)31-9-11-36-12-10-31/h2-8,13-14H,9-12H2,1H3,(H2,29,30,33,38). The molecule has 0 atom stereocenters. The summed E-state index contributed by atoms with van der Waals surface area (Å²) in [5.74, 6) is -0.137. The minimum atomic E-state index is -0.558. The van der Waals surface area contributed by atoms with E-state index in [0.29, 0.717) is 59.7 Å². The highest BCUT2D eigenvalue weighted by atomic mass is 35.5. The van der Waals surface area contributed by atoms with Crippen LogP contribution in [0.1, 0.15) is 15.9 Å². The van der Waals surface area contributed by atoms with Gasteiger partial charge in [-0.3, -0.25) is 20.2 Å². The zero-order valence-electron chi connectivity index (χ0n) is 20.2. The second-order valence-corrected chi connectivity index (χ2v) is 9.42. The van der Waals surface area contributed by atoms with Crippen molar-refractivity contribution in [2.45, 2.75) is 6.92 Å². The van der Waals surface area contributed by atoms with E-state index in [1.165, 1.54) is 12.1 Å². The third kappa shape index (κ3) is 5.30. The van der Waals surface area contributed by atoms with Gasteiger partial charge in [0.1, 0.15) is 5.52 Å². The van der Waals surface area contributed by atoms with Gasteiger partial charge in [-0.2, -0.15) is 0 Å². The van der Waals surface area contributed by atoms with Crippen molar-refractivity contribution in [2.75, 3.05) is 36.5 Å². The lowest BCUT2D eigenvalue weighted by Gasteiger charge is -2.30. The van der Waals surface area contributed by atoms with Crippen LogP contribution in [-0.4, -0.2) is 47.2 Å². The van der Waals surface area contributed by atoms with E-state index >= 15 is 0 Å². The number of carbonyl (C=O) groups excluding carboxylic acids is 1. The van der Waals surface area contributed by atoms with Crippen LogP contribution in [0.3, 0.4) is 0 Å². The van der Waals surface area contributed by atoms with Crippen LogP contribution in [0.4, 0.5) is 17.1 Å². The highest BCUT2D eigenvalue weighted by Gasteiger charge is 2.23. The van der Waals surface area contributed by atoms with Gasteiger partial charge < -0.3 is 19.4 Å². The Balaban J connectivity index is 1.37. The molecule has 2 N–H and O–H groups in total. The molecule has 1 saturated heterocycles. The molecule has 1 aliphatic heterocycles. The molecule has 1 fully saturated rings. The molecule has 0 radical (unpaired) electrons. The van der Waals surface area contributed by atoms with Crippen molar-refractivity contribution in [3.8, 4) is 11.5 Å². The molecule has 5 rings (SSSR count). The van der Waals surface area contributed by atoms with Crippen molar-refractivity contribution in [1.29, 1.82) is 0 Å². The van der Waals surface area contributed by atoms with Crippen LogP contribution in [0, 0.1) is 17.0 Å². The highest BCUT2D eigenvalue weighted by molar-refractivity contribution is 7.80. The number of thiocarbonyl (C=S) groups is 1. The normalized spacial score (nSPS) is 13.4. The Hall–Kier alpha value is -4.06. The molecule has 2 heterocycles. The lowest BCUT2D eigenvalue weighted by molar-refractivity contribution is -0.384. The van der Waals surface area contributed by atoms with Gasteiger partial charge in [-0.25, -0.2) is 4.98 Å². The van der Waals surface area contributed by atoms with Gasteiger partial charge in [-0.1, -0.05) is 17.7 Å². The van der Waals surface area contributed by atoms with Gasteiger partial charge in [0.15, 0.2) is 10.7 Å². The van der Waals surface area contributed by atoms with Crippen LogP contribution in [0.15, 0.2) is 59.0 Å². The Morgan fingerprint density at radius 3 is 2.71 bits per heavy atom. The summed E-state index contributed by atoms with van der Waals surface area (Å²) in [6, 6.07) is 14.9. The topological polar surface area (TPSA) is 123 Å². The summed E-state index contributed by atoms with van der Waals surface area (Å²) in [7, 11) is 0. The van der Waals surface area contributed by atoms with Gasteiger partial charge >= 0.3 is 0 Å². The number of aromatic nitrogens is 1. The van der Waals surface area contributed by atoms with Gasteiger partial charge in [-0.05, 0) is 61.1 Å². The molecule has 194 valence electrons. The number of anilines is 2. The first-order valence-electron chi connectivity index (χ1n) is 11.7. The number of oxazole rings is 1. The van der Waals surface area contributed by atoms with Crippen LogP contribution in [0.2, 0.25) is 5.02 Å². The summed E-state index contributed by atoms with van der Waals surface area (Å²) < 4.78 is 11.3. The molecule has 10 nitrogen and oxygen atoms in total. The van der Waals surface area contributed by atoms with E-state index in [-0.39, 0.29) is 16.4 Å². The molecule has 1 amide bonds. The number of halogens is 1. The number of nitrogens with zero attached hydrogens (tertiary/aromatic N) is 3. The van der Waals surface area contributed by atoms with E-state index in [2.05, 4.69) is 15.6 Å². The van der Waals surface area contributed by atoms with Gasteiger partial charge in [-0.15, -0.1) is 0 Å². The lowest BCUT2D eigenvalue weighted by atomic mass is 10.1. The van der Waals surface area contributed by atoms with Crippen molar-refractivity contribution in [3.05, 3.63) is 80.9 Å². The SMILES string of the molecule is Cc1c(NC(=S)NC(=O)c2cc([N+](=O)[O-])ccc2N2CCOCC2)cccc1-c1nc2cc(Cl)ccc2o1. The number of hydrogen-bond donors (Lipinski definition) is 2. The predicted molar refractivity (Wildman–Crippen MR) is 149 cm³/mol. The number of nitrogens with one attached hydrogen (secondary N) is 2. The van der Waals surface area contributed by atoms with Crippen LogP contribution in [0.5, 0.6) is 0 Å². The van der Waals surface area contributed by atoms with Crippen molar-refractivity contribution >= 4 is 63.0 Å². The van der Waals surface area contributed by atoms with E-state index < -0.39 is 10.8 Å². The first kappa shape index (κ1) is 25.6. The number of nitro benzene ring substituents is 1. The first-order chi connectivity index (χ1) is 18.3. The number of hydrogen-bond acceptors (Lipinski definition) is 8. The maximum absolute atomic E-state index is 13.2. The van der Waals surface area contributed by atoms with E-state index in [1.807, 2.05) is 30.0 Å². The first-order valence-corrected chi connectivity index (χ1v) is 12.5. The smallest absolute Gasteiger partial charge is 0.270 e. The highest BCUT2D eigenvalue weighted by Crippen LogP contribution is 2.31. The van der Waals surface area contributed by atoms with E-state index in [4.69, 9.17) is 33.0 Å². The molecule has 12 heteroatoms. The number of carbonyl (C=O) groups is 1. The van der Waals surface area contributed by atoms with Crippen molar-refractivity contribution in [3.63, 3.8) is 0 Å². The molecule has 1 aromatic heterocycles. The van der Waals surface area contributed by atoms with Crippen molar-refractivity contribution in [1.82, 2.24) is 10.3 Å². The Bertz CT molecular complexity index is 1570. The number of benzene rings is 3. The maximum atomic E-state index is 13.2. The average Bonchev–Trinajstić information content (AvgIpc) is 3.33. The molecule has 0 unspecified atom stereocenters. The van der Waals surface area contributed by atoms with Gasteiger partial charge in [0.05, 0.1) is 29.4 Å². The van der Waals surface area contributed by atoms with Crippen LogP contribution in [0.25, 0.3) is 22.6 Å². The molecular weight excluding hydrogens is 530 g/mol. The Morgan fingerprint density at radius 1 is 1.16 bits per heavy atom. The van der Waals surface area contributed by atoms with Gasteiger partial charge in [0.2, 0.25) is 5.89 Å². The van der Waals surface area contributed by atoms with Gasteiger partial charge in [0, 0.05) is 41.5 Å². The molecule has 0 saturated carbocycles. The molecular formula is C26H22ClN5O5S. The second-order valence-electron chi connectivity index (χ2n) is 8.58. The summed E-state index contributed by atoms with van der Waals surface area (Å²) >= 11 is 11.5. The molecule has 38 heavy (non-hydrogen) atoms. The molecule has 0 spiro atoms. The Kier molecular flexibility index (Phi) is 7.23. The monoisotopic (exact) mass is 551 g/mol. The fourth-order valence-electron chi connectivity index (χ4n) is 4.24. The van der Waals surface area contributed by atoms with Crippen molar-refractivity contribution < 1.29 is 18.9 Å². The number of rotatable bonds is 5. The number of amides is 1.